The van der Waals surface area contributed by atoms with E-state index in [0.717, 1.165) is 0 Å². The topological polar surface area (TPSA) is 93.5 Å². The Kier molecular flexibility index (Phi) is 3.39. The number of amides is 1. The normalized spacial score (nSPS) is 16.3. The van der Waals surface area contributed by atoms with Crippen molar-refractivity contribution in [3.05, 3.63) is 28.3 Å². The minimum Gasteiger partial charge on any atom is -0.376 e. The van der Waals surface area contributed by atoms with E-state index >= 15 is 0 Å². The van der Waals surface area contributed by atoms with Crippen LogP contribution in [-0.4, -0.2) is 29.6 Å². The van der Waals surface area contributed by atoms with Crippen molar-refractivity contribution in [1.82, 2.24) is 0 Å². The number of carbonyl (C=O) groups is 1. The highest BCUT2D eigenvalue weighted by Gasteiger charge is 2.34. The van der Waals surface area contributed by atoms with Gasteiger partial charge in [0.15, 0.2) is 0 Å². The van der Waals surface area contributed by atoms with Crippen molar-refractivity contribution in [2.24, 2.45) is 0 Å². The fourth-order valence-corrected chi connectivity index (χ4v) is 1.88. The molecule has 2 N–H and O–H groups in total. The number of anilines is 2. The van der Waals surface area contributed by atoms with E-state index in [0.29, 0.717) is 24.6 Å². The van der Waals surface area contributed by atoms with Crippen molar-refractivity contribution in [1.29, 1.82) is 0 Å². The molecular weight excluding hydrogens is 250 g/mol. The third-order valence-electron chi connectivity index (χ3n) is 2.79. The van der Waals surface area contributed by atoms with Crippen LogP contribution in [0, 0.1) is 10.1 Å². The fraction of sp³-hybridized carbons (Fsp3) is 0.417. The van der Waals surface area contributed by atoms with Gasteiger partial charge in [0.1, 0.15) is 5.69 Å². The van der Waals surface area contributed by atoms with E-state index in [1.807, 2.05) is 6.92 Å². The molecule has 2 rings (SSSR count). The van der Waals surface area contributed by atoms with Gasteiger partial charge < -0.3 is 15.4 Å². The Morgan fingerprint density at radius 2 is 2.16 bits per heavy atom. The minimum absolute atomic E-state index is 0.0257. The average Bonchev–Trinajstić information content (AvgIpc) is 2.25. The lowest BCUT2D eigenvalue weighted by atomic mass is 10.00. The molecule has 0 aliphatic carbocycles. The Morgan fingerprint density at radius 3 is 2.63 bits per heavy atom. The van der Waals surface area contributed by atoms with Crippen molar-refractivity contribution >= 4 is 23.0 Å². The van der Waals surface area contributed by atoms with Crippen LogP contribution in [0.3, 0.4) is 0 Å². The number of carbonyl (C=O) groups excluding carboxylic acids is 1. The lowest BCUT2D eigenvalue weighted by Crippen LogP contribution is -2.53. The molecule has 1 aliphatic rings. The fourth-order valence-electron chi connectivity index (χ4n) is 1.88. The third kappa shape index (κ3) is 3.00. The summed E-state index contributed by atoms with van der Waals surface area (Å²) in [7, 11) is 0. The van der Waals surface area contributed by atoms with Gasteiger partial charge in [-0.3, -0.25) is 14.9 Å². The van der Waals surface area contributed by atoms with Crippen LogP contribution >= 0.6 is 0 Å². The van der Waals surface area contributed by atoms with Crippen molar-refractivity contribution < 1.29 is 14.5 Å². The van der Waals surface area contributed by atoms with Crippen molar-refractivity contribution in [3.63, 3.8) is 0 Å². The lowest BCUT2D eigenvalue weighted by Gasteiger charge is -2.39. The summed E-state index contributed by atoms with van der Waals surface area (Å²) in [4.78, 5) is 21.5. The zero-order valence-corrected chi connectivity index (χ0v) is 10.7. The Hall–Kier alpha value is -2.15. The molecule has 1 aromatic carbocycles. The molecule has 1 amide bonds. The predicted octanol–water partition coefficient (Wildman–Crippen LogP) is 1.75. The molecule has 1 saturated heterocycles. The number of hydrogen-bond acceptors (Lipinski definition) is 5. The third-order valence-corrected chi connectivity index (χ3v) is 2.79. The standard InChI is InChI=1S/C12H15N3O4/c1-8(16)13-9-3-4-11(15(17)18)10(5-9)14-12(2)6-19-7-12/h3-5,14H,6-7H2,1-2H3,(H,13,16). The first-order valence-electron chi connectivity index (χ1n) is 5.82. The smallest absolute Gasteiger partial charge is 0.292 e. The summed E-state index contributed by atoms with van der Waals surface area (Å²) in [5.41, 5.74) is 0.563. The summed E-state index contributed by atoms with van der Waals surface area (Å²) in [6.45, 7) is 4.30. The molecule has 0 spiro atoms. The summed E-state index contributed by atoms with van der Waals surface area (Å²) in [6, 6.07) is 4.43. The summed E-state index contributed by atoms with van der Waals surface area (Å²) in [6.07, 6.45) is 0. The molecule has 19 heavy (non-hydrogen) atoms. The van der Waals surface area contributed by atoms with E-state index in [-0.39, 0.29) is 17.1 Å². The molecule has 0 aromatic heterocycles. The van der Waals surface area contributed by atoms with Gasteiger partial charge in [0.2, 0.25) is 5.91 Å². The van der Waals surface area contributed by atoms with Crippen LogP contribution in [0.2, 0.25) is 0 Å². The Balaban J connectivity index is 2.30. The van der Waals surface area contributed by atoms with E-state index in [9.17, 15) is 14.9 Å². The van der Waals surface area contributed by atoms with E-state index in [4.69, 9.17) is 4.74 Å². The van der Waals surface area contributed by atoms with Crippen molar-refractivity contribution in [2.45, 2.75) is 19.4 Å². The lowest BCUT2D eigenvalue weighted by molar-refractivity contribution is -0.384. The average molecular weight is 265 g/mol. The maximum absolute atomic E-state index is 11.0. The maximum atomic E-state index is 11.0. The van der Waals surface area contributed by atoms with Crippen LogP contribution in [0.4, 0.5) is 17.1 Å². The van der Waals surface area contributed by atoms with E-state index in [2.05, 4.69) is 10.6 Å². The molecule has 1 fully saturated rings. The van der Waals surface area contributed by atoms with Gasteiger partial charge in [0.05, 0.1) is 23.7 Å². The van der Waals surface area contributed by atoms with Crippen LogP contribution in [0.25, 0.3) is 0 Å². The molecule has 0 radical (unpaired) electrons. The zero-order chi connectivity index (χ0) is 14.0. The van der Waals surface area contributed by atoms with Gasteiger partial charge in [0, 0.05) is 18.7 Å². The number of nitrogens with zero attached hydrogens (tertiary/aromatic N) is 1. The van der Waals surface area contributed by atoms with Crippen molar-refractivity contribution in [2.75, 3.05) is 23.8 Å². The second-order valence-corrected chi connectivity index (χ2v) is 4.85. The van der Waals surface area contributed by atoms with Crippen LogP contribution in [0.15, 0.2) is 18.2 Å². The number of rotatable bonds is 4. The maximum Gasteiger partial charge on any atom is 0.292 e. The molecule has 7 nitrogen and oxygen atoms in total. The van der Waals surface area contributed by atoms with Gasteiger partial charge in [-0.15, -0.1) is 0 Å². The van der Waals surface area contributed by atoms with Crippen LogP contribution in [-0.2, 0) is 9.53 Å². The molecule has 7 heteroatoms. The first kappa shape index (κ1) is 13.3. The summed E-state index contributed by atoms with van der Waals surface area (Å²) in [5, 5.41) is 16.7. The minimum atomic E-state index is -0.456. The van der Waals surface area contributed by atoms with Gasteiger partial charge >= 0.3 is 0 Å². The number of nitro benzene ring substituents is 1. The molecule has 0 unspecified atom stereocenters. The molecular formula is C12H15N3O4. The Morgan fingerprint density at radius 1 is 1.47 bits per heavy atom. The van der Waals surface area contributed by atoms with Crippen molar-refractivity contribution in [3.8, 4) is 0 Å². The summed E-state index contributed by atoms with van der Waals surface area (Å²) < 4.78 is 5.10. The molecule has 0 atom stereocenters. The van der Waals surface area contributed by atoms with Gasteiger partial charge in [0.25, 0.3) is 5.69 Å². The van der Waals surface area contributed by atoms with E-state index in [1.165, 1.54) is 19.1 Å². The number of nitrogens with one attached hydrogen (secondary N) is 2. The van der Waals surface area contributed by atoms with Crippen LogP contribution in [0.5, 0.6) is 0 Å². The highest BCUT2D eigenvalue weighted by atomic mass is 16.6. The second-order valence-electron chi connectivity index (χ2n) is 4.85. The van der Waals surface area contributed by atoms with Crippen LogP contribution < -0.4 is 10.6 Å². The largest absolute Gasteiger partial charge is 0.376 e. The molecule has 0 saturated carbocycles. The molecule has 1 aliphatic heterocycles. The SMILES string of the molecule is CC(=O)Nc1ccc([N+](=O)[O-])c(NC2(C)COC2)c1. The summed E-state index contributed by atoms with van der Waals surface area (Å²) in [5.74, 6) is -0.224. The molecule has 102 valence electrons. The van der Waals surface area contributed by atoms with Gasteiger partial charge in [-0.1, -0.05) is 0 Å². The van der Waals surface area contributed by atoms with Gasteiger partial charge in [-0.2, -0.15) is 0 Å². The highest BCUT2D eigenvalue weighted by molar-refractivity contribution is 5.90. The number of benzene rings is 1. The number of hydrogen-bond donors (Lipinski definition) is 2. The van der Waals surface area contributed by atoms with Crippen LogP contribution in [0.1, 0.15) is 13.8 Å². The second kappa shape index (κ2) is 4.85. The van der Waals surface area contributed by atoms with Gasteiger partial charge in [-0.05, 0) is 19.1 Å². The molecule has 1 heterocycles. The van der Waals surface area contributed by atoms with E-state index in [1.54, 1.807) is 6.07 Å². The Labute approximate surface area is 110 Å². The Bertz CT molecular complexity index is 526. The van der Waals surface area contributed by atoms with E-state index < -0.39 is 4.92 Å². The zero-order valence-electron chi connectivity index (χ0n) is 10.7. The van der Waals surface area contributed by atoms with Gasteiger partial charge in [-0.25, -0.2) is 0 Å². The number of ether oxygens (including phenoxy) is 1. The predicted molar refractivity (Wildman–Crippen MR) is 70.2 cm³/mol. The highest BCUT2D eigenvalue weighted by Crippen LogP contribution is 2.32. The number of nitro groups is 1. The quantitative estimate of drug-likeness (QED) is 0.639. The first-order valence-corrected chi connectivity index (χ1v) is 5.82. The molecule has 1 aromatic rings. The monoisotopic (exact) mass is 265 g/mol. The summed E-state index contributed by atoms with van der Waals surface area (Å²) >= 11 is 0. The molecule has 0 bridgehead atoms. The first-order chi connectivity index (χ1) is 8.89.